The van der Waals surface area contributed by atoms with E-state index in [1.165, 1.54) is 30.6 Å². The van der Waals surface area contributed by atoms with Crippen LogP contribution in [0.1, 0.15) is 29.4 Å². The maximum Gasteiger partial charge on any atom is 0.291 e. The molecule has 1 saturated heterocycles. The van der Waals surface area contributed by atoms with Crippen LogP contribution in [0, 0.1) is 5.82 Å². The number of carbonyl (C=O) groups is 1. The Morgan fingerprint density at radius 1 is 1.16 bits per heavy atom. The van der Waals surface area contributed by atoms with Crippen molar-refractivity contribution >= 4 is 39.4 Å². The third-order valence-corrected chi connectivity index (χ3v) is 6.86. The predicted octanol–water partition coefficient (Wildman–Crippen LogP) is 3.87. The Morgan fingerprint density at radius 3 is 2.92 bits per heavy atom. The highest BCUT2D eigenvalue weighted by atomic mass is 19.1. The highest BCUT2D eigenvalue weighted by Gasteiger charge is 2.30. The van der Waals surface area contributed by atoms with E-state index in [0.29, 0.717) is 56.3 Å². The van der Waals surface area contributed by atoms with Crippen molar-refractivity contribution in [2.45, 2.75) is 18.9 Å². The van der Waals surface area contributed by atoms with Crippen molar-refractivity contribution in [2.24, 2.45) is 0 Å². The minimum Gasteiger partial charge on any atom is -0.453 e. The van der Waals surface area contributed by atoms with Crippen LogP contribution < -0.4 is 25.8 Å². The number of hydrogen-bond acceptors (Lipinski definition) is 9. The van der Waals surface area contributed by atoms with Gasteiger partial charge in [0, 0.05) is 17.5 Å². The van der Waals surface area contributed by atoms with E-state index >= 15 is 0 Å². The highest BCUT2D eigenvalue weighted by molar-refractivity contribution is 6.06. The largest absolute Gasteiger partial charge is 0.453 e. The Kier molecular flexibility index (Phi) is 5.15. The number of nitrogens with one attached hydrogen (secondary N) is 2. The number of furan rings is 1. The summed E-state index contributed by atoms with van der Waals surface area (Å²) in [7, 11) is 0. The normalized spacial score (nSPS) is 16.8. The molecule has 0 spiro atoms. The van der Waals surface area contributed by atoms with Gasteiger partial charge in [-0.05, 0) is 55.8 Å². The molecule has 0 bridgehead atoms. The Morgan fingerprint density at radius 2 is 2.05 bits per heavy atom. The zero-order valence-corrected chi connectivity index (χ0v) is 20.0. The second-order valence-electron chi connectivity index (χ2n) is 9.22. The predicted molar refractivity (Wildman–Crippen MR) is 137 cm³/mol. The van der Waals surface area contributed by atoms with Gasteiger partial charge in [-0.15, -0.1) is 0 Å². The topological polar surface area (TPSA) is 142 Å². The number of carbonyl (C=O) groups excluding carboxylic acids is 1. The third kappa shape index (κ3) is 3.60. The highest BCUT2D eigenvalue weighted by Crippen LogP contribution is 2.48. The van der Waals surface area contributed by atoms with Crippen LogP contribution in [0.3, 0.4) is 0 Å². The molecule has 5 heterocycles. The van der Waals surface area contributed by atoms with Crippen LogP contribution in [0.25, 0.3) is 33.3 Å². The number of rotatable bonds is 4. The molecule has 0 radical (unpaired) electrons. The number of aromatic nitrogens is 4. The lowest BCUT2D eigenvalue weighted by atomic mass is 10.1. The molecule has 2 aliphatic rings. The Labute approximate surface area is 214 Å². The monoisotopic (exact) mass is 515 g/mol. The Balaban J connectivity index is 1.28. The van der Waals surface area contributed by atoms with E-state index in [0.717, 1.165) is 25.9 Å². The number of fused-ring (bicyclic) bond motifs is 3. The smallest absolute Gasteiger partial charge is 0.291 e. The standard InChI is InChI=1S/C26H22FN7O4/c27-14-3-6-18-13(8-14)9-19(38-18)26(35)32-17-5-4-16(22-23(17)37-12-36-22)21-20-24(28)30-11-31-25(20)34(33-21)15-2-1-7-29-10-15/h3-6,8-9,11,15,29H,1-2,7,10,12H2,(H,32,35)(H2,28,30,31)/t15-/m1/s1. The maximum atomic E-state index is 13.6. The van der Waals surface area contributed by atoms with Crippen molar-refractivity contribution in [2.75, 3.05) is 30.9 Å². The van der Waals surface area contributed by atoms with E-state index in [9.17, 15) is 9.18 Å². The Hall–Kier alpha value is -4.71. The fourth-order valence-electron chi connectivity index (χ4n) is 5.07. The summed E-state index contributed by atoms with van der Waals surface area (Å²) in [6.45, 7) is 1.71. The van der Waals surface area contributed by atoms with Gasteiger partial charge in [-0.25, -0.2) is 19.0 Å². The van der Waals surface area contributed by atoms with Gasteiger partial charge in [0.15, 0.2) is 22.9 Å². The van der Waals surface area contributed by atoms with Gasteiger partial charge in [0.25, 0.3) is 5.91 Å². The number of benzene rings is 2. The van der Waals surface area contributed by atoms with E-state index < -0.39 is 11.7 Å². The first kappa shape index (κ1) is 22.5. The number of piperidine rings is 1. The van der Waals surface area contributed by atoms with E-state index in [1.54, 1.807) is 12.1 Å². The summed E-state index contributed by atoms with van der Waals surface area (Å²) in [5, 5.41) is 12.2. The molecule has 0 aliphatic carbocycles. The number of nitrogen functional groups attached to an aromatic ring is 1. The van der Waals surface area contributed by atoms with Gasteiger partial charge in [-0.1, -0.05) is 0 Å². The fourth-order valence-corrected chi connectivity index (χ4v) is 5.07. The number of nitrogens with two attached hydrogens (primary N) is 1. The average Bonchev–Trinajstić information content (AvgIpc) is 3.67. The van der Waals surface area contributed by atoms with Crippen molar-refractivity contribution in [3.63, 3.8) is 0 Å². The van der Waals surface area contributed by atoms with Gasteiger partial charge < -0.3 is 30.3 Å². The molecule has 0 unspecified atom stereocenters. The first-order valence-electron chi connectivity index (χ1n) is 12.2. The fraction of sp³-hybridized carbons (Fsp3) is 0.231. The SMILES string of the molecule is Nc1ncnc2c1c(-c1ccc(NC(=O)c3cc4cc(F)ccc4o3)c3c1OCO3)nn2[C@@H]1CCCNC1. The molecule has 38 heavy (non-hydrogen) atoms. The lowest BCUT2D eigenvalue weighted by Crippen LogP contribution is -2.32. The molecule has 4 N–H and O–H groups in total. The lowest BCUT2D eigenvalue weighted by molar-refractivity contribution is 0.0998. The number of ether oxygens (including phenoxy) is 2. The maximum absolute atomic E-state index is 13.6. The number of hydrogen-bond donors (Lipinski definition) is 3. The van der Waals surface area contributed by atoms with Crippen LogP contribution in [0.5, 0.6) is 11.5 Å². The van der Waals surface area contributed by atoms with Crippen molar-refractivity contribution in [1.29, 1.82) is 0 Å². The lowest BCUT2D eigenvalue weighted by Gasteiger charge is -2.23. The molecule has 2 aliphatic heterocycles. The molecule has 12 heteroatoms. The summed E-state index contributed by atoms with van der Waals surface area (Å²) in [4.78, 5) is 21.7. The molecule has 3 aromatic heterocycles. The molecule has 5 aromatic rings. The number of nitrogens with zero attached hydrogens (tertiary/aromatic N) is 4. The second-order valence-corrected chi connectivity index (χ2v) is 9.22. The van der Waals surface area contributed by atoms with Crippen LogP contribution in [-0.4, -0.2) is 45.5 Å². The quantitative estimate of drug-likeness (QED) is 0.325. The molecule has 192 valence electrons. The van der Waals surface area contributed by atoms with Crippen LogP contribution in [0.2, 0.25) is 0 Å². The molecule has 1 fully saturated rings. The van der Waals surface area contributed by atoms with Gasteiger partial charge in [0.2, 0.25) is 6.79 Å². The van der Waals surface area contributed by atoms with Crippen LogP contribution in [-0.2, 0) is 0 Å². The molecule has 7 rings (SSSR count). The minimum atomic E-state index is -0.510. The Bertz CT molecular complexity index is 1720. The van der Waals surface area contributed by atoms with Crippen LogP contribution >= 0.6 is 0 Å². The van der Waals surface area contributed by atoms with Crippen molar-refractivity contribution in [3.05, 3.63) is 54.3 Å². The van der Waals surface area contributed by atoms with Crippen molar-refractivity contribution in [1.82, 2.24) is 25.1 Å². The van der Waals surface area contributed by atoms with E-state index in [-0.39, 0.29) is 18.6 Å². The first-order chi connectivity index (χ1) is 18.6. The van der Waals surface area contributed by atoms with Gasteiger partial charge in [0.1, 0.15) is 29.2 Å². The first-order valence-corrected chi connectivity index (χ1v) is 12.2. The number of amides is 1. The van der Waals surface area contributed by atoms with Crippen molar-refractivity contribution in [3.8, 4) is 22.8 Å². The molecule has 1 amide bonds. The summed E-state index contributed by atoms with van der Waals surface area (Å²) in [5.74, 6) is 0.209. The average molecular weight is 516 g/mol. The summed E-state index contributed by atoms with van der Waals surface area (Å²) < 4.78 is 32.6. The van der Waals surface area contributed by atoms with Crippen LogP contribution in [0.4, 0.5) is 15.9 Å². The van der Waals surface area contributed by atoms with Gasteiger partial charge >= 0.3 is 0 Å². The zero-order chi connectivity index (χ0) is 25.8. The summed E-state index contributed by atoms with van der Waals surface area (Å²) >= 11 is 0. The number of halogens is 1. The molecule has 11 nitrogen and oxygen atoms in total. The van der Waals surface area contributed by atoms with Crippen LogP contribution in [0.15, 0.2) is 47.1 Å². The summed E-state index contributed by atoms with van der Waals surface area (Å²) in [5.41, 5.74) is 8.96. The molecular formula is C26H22FN7O4. The van der Waals surface area contributed by atoms with E-state index in [1.807, 2.05) is 4.68 Å². The second kappa shape index (κ2) is 8.70. The zero-order valence-electron chi connectivity index (χ0n) is 20.0. The third-order valence-electron chi connectivity index (χ3n) is 6.86. The molecule has 2 aromatic carbocycles. The molecule has 1 atom stereocenters. The van der Waals surface area contributed by atoms with E-state index in [4.69, 9.17) is 24.7 Å². The van der Waals surface area contributed by atoms with Gasteiger partial charge in [-0.2, -0.15) is 5.10 Å². The summed E-state index contributed by atoms with van der Waals surface area (Å²) in [6, 6.07) is 9.16. The van der Waals surface area contributed by atoms with Gasteiger partial charge in [0.05, 0.1) is 17.1 Å². The number of anilines is 2. The van der Waals surface area contributed by atoms with E-state index in [2.05, 4.69) is 20.6 Å². The van der Waals surface area contributed by atoms with Crippen molar-refractivity contribution < 1.29 is 23.1 Å². The minimum absolute atomic E-state index is 0.0314. The molecular weight excluding hydrogens is 493 g/mol. The molecule has 0 saturated carbocycles. The summed E-state index contributed by atoms with van der Waals surface area (Å²) in [6.07, 6.45) is 3.43. The van der Waals surface area contributed by atoms with Gasteiger partial charge in [-0.3, -0.25) is 4.79 Å².